The van der Waals surface area contributed by atoms with Gasteiger partial charge in [0, 0.05) is 6.54 Å². The lowest BCUT2D eigenvalue weighted by Crippen LogP contribution is -2.25. The zero-order valence-corrected chi connectivity index (χ0v) is 13.3. The highest BCUT2D eigenvalue weighted by atomic mass is 16.2. The molecule has 0 bridgehead atoms. The molecule has 1 aromatic heterocycles. The summed E-state index contributed by atoms with van der Waals surface area (Å²) in [5, 5.41) is 7.41. The number of nitrogens with one attached hydrogen (secondary N) is 1. The molecule has 116 valence electrons. The van der Waals surface area contributed by atoms with Crippen molar-refractivity contribution in [1.29, 1.82) is 0 Å². The number of carbonyl (C=O) groups excluding carboxylic acids is 1. The summed E-state index contributed by atoms with van der Waals surface area (Å²) < 4.78 is 1.68. The van der Waals surface area contributed by atoms with Crippen molar-refractivity contribution >= 4 is 5.91 Å². The van der Waals surface area contributed by atoms with Crippen LogP contribution in [-0.4, -0.2) is 15.7 Å². The number of para-hydroxylation sites is 1. The Kier molecular flexibility index (Phi) is 4.24. The molecule has 3 aromatic rings. The maximum absolute atomic E-state index is 12.6. The SMILES string of the molecule is Cc1cc(C(=O)NCc2ccccc2C)n(-c2ccccc2)n1. The van der Waals surface area contributed by atoms with Crippen LogP contribution in [0.25, 0.3) is 5.69 Å². The van der Waals surface area contributed by atoms with Crippen molar-refractivity contribution in [3.05, 3.63) is 83.2 Å². The molecule has 0 radical (unpaired) electrons. The van der Waals surface area contributed by atoms with E-state index in [0.29, 0.717) is 12.2 Å². The fraction of sp³-hybridized carbons (Fsp3) is 0.158. The van der Waals surface area contributed by atoms with Crippen molar-refractivity contribution in [3.8, 4) is 5.69 Å². The van der Waals surface area contributed by atoms with Crippen LogP contribution in [0, 0.1) is 13.8 Å². The molecule has 4 nitrogen and oxygen atoms in total. The van der Waals surface area contributed by atoms with Crippen molar-refractivity contribution in [3.63, 3.8) is 0 Å². The zero-order chi connectivity index (χ0) is 16.2. The Morgan fingerprint density at radius 1 is 1.04 bits per heavy atom. The van der Waals surface area contributed by atoms with Crippen LogP contribution >= 0.6 is 0 Å². The van der Waals surface area contributed by atoms with Crippen LogP contribution < -0.4 is 5.32 Å². The molecule has 3 rings (SSSR count). The van der Waals surface area contributed by atoms with E-state index in [1.165, 1.54) is 5.56 Å². The molecule has 0 fully saturated rings. The third-order valence-electron chi connectivity index (χ3n) is 3.77. The van der Waals surface area contributed by atoms with Gasteiger partial charge in [0.25, 0.3) is 5.91 Å². The number of amides is 1. The fourth-order valence-corrected chi connectivity index (χ4v) is 2.50. The van der Waals surface area contributed by atoms with Crippen LogP contribution in [0.3, 0.4) is 0 Å². The predicted molar refractivity (Wildman–Crippen MR) is 90.7 cm³/mol. The lowest BCUT2D eigenvalue weighted by atomic mass is 10.1. The molecule has 1 N–H and O–H groups in total. The molecule has 0 aliphatic carbocycles. The van der Waals surface area contributed by atoms with E-state index in [-0.39, 0.29) is 5.91 Å². The number of benzene rings is 2. The highest BCUT2D eigenvalue weighted by Crippen LogP contribution is 2.13. The normalized spacial score (nSPS) is 10.5. The van der Waals surface area contributed by atoms with Crippen LogP contribution in [0.5, 0.6) is 0 Å². The summed E-state index contributed by atoms with van der Waals surface area (Å²) in [6.45, 7) is 4.43. The van der Waals surface area contributed by atoms with Gasteiger partial charge in [-0.2, -0.15) is 5.10 Å². The van der Waals surface area contributed by atoms with E-state index >= 15 is 0 Å². The van der Waals surface area contributed by atoms with Crippen LogP contribution in [0.4, 0.5) is 0 Å². The summed E-state index contributed by atoms with van der Waals surface area (Å²) in [6.07, 6.45) is 0. The monoisotopic (exact) mass is 305 g/mol. The number of aryl methyl sites for hydroxylation is 2. The summed E-state index contributed by atoms with van der Waals surface area (Å²) >= 11 is 0. The summed E-state index contributed by atoms with van der Waals surface area (Å²) in [4.78, 5) is 12.6. The molecular weight excluding hydrogens is 286 g/mol. The lowest BCUT2D eigenvalue weighted by molar-refractivity contribution is 0.0943. The van der Waals surface area contributed by atoms with E-state index in [9.17, 15) is 4.79 Å². The molecule has 0 aliphatic heterocycles. The van der Waals surface area contributed by atoms with Gasteiger partial charge in [-0.1, -0.05) is 42.5 Å². The highest BCUT2D eigenvalue weighted by molar-refractivity contribution is 5.93. The molecule has 4 heteroatoms. The number of hydrogen-bond acceptors (Lipinski definition) is 2. The van der Waals surface area contributed by atoms with E-state index in [4.69, 9.17) is 0 Å². The molecule has 0 aliphatic rings. The van der Waals surface area contributed by atoms with E-state index in [1.54, 1.807) is 10.7 Å². The van der Waals surface area contributed by atoms with Gasteiger partial charge in [0.05, 0.1) is 11.4 Å². The van der Waals surface area contributed by atoms with Gasteiger partial charge in [-0.3, -0.25) is 4.79 Å². The fourth-order valence-electron chi connectivity index (χ4n) is 2.50. The minimum Gasteiger partial charge on any atom is -0.347 e. The minimum absolute atomic E-state index is 0.127. The standard InChI is InChI=1S/C19H19N3O/c1-14-8-6-7-9-16(14)13-20-19(23)18-12-15(2)21-22(18)17-10-4-3-5-11-17/h3-12H,13H2,1-2H3,(H,20,23). The van der Waals surface area contributed by atoms with Gasteiger partial charge in [-0.05, 0) is 43.2 Å². The molecule has 1 heterocycles. The predicted octanol–water partition coefficient (Wildman–Crippen LogP) is 3.42. The van der Waals surface area contributed by atoms with Gasteiger partial charge in [0.1, 0.15) is 5.69 Å². The Labute approximate surface area is 135 Å². The number of hydrogen-bond donors (Lipinski definition) is 1. The second-order valence-electron chi connectivity index (χ2n) is 5.53. The van der Waals surface area contributed by atoms with Gasteiger partial charge in [-0.25, -0.2) is 4.68 Å². The van der Waals surface area contributed by atoms with Crippen LogP contribution in [0.2, 0.25) is 0 Å². The Balaban J connectivity index is 1.82. The van der Waals surface area contributed by atoms with E-state index in [1.807, 2.05) is 68.4 Å². The number of rotatable bonds is 4. The molecule has 0 saturated carbocycles. The van der Waals surface area contributed by atoms with E-state index in [0.717, 1.165) is 16.9 Å². The van der Waals surface area contributed by atoms with Crippen molar-refractivity contribution in [2.75, 3.05) is 0 Å². The summed E-state index contributed by atoms with van der Waals surface area (Å²) in [7, 11) is 0. The number of carbonyl (C=O) groups is 1. The van der Waals surface area contributed by atoms with Crippen LogP contribution in [0.1, 0.15) is 27.3 Å². The third-order valence-corrected chi connectivity index (χ3v) is 3.77. The average molecular weight is 305 g/mol. The molecule has 0 saturated heterocycles. The Morgan fingerprint density at radius 3 is 2.48 bits per heavy atom. The van der Waals surface area contributed by atoms with Gasteiger partial charge >= 0.3 is 0 Å². The topological polar surface area (TPSA) is 46.9 Å². The Morgan fingerprint density at radius 2 is 1.74 bits per heavy atom. The van der Waals surface area contributed by atoms with E-state index in [2.05, 4.69) is 10.4 Å². The Bertz CT molecular complexity index is 822. The largest absolute Gasteiger partial charge is 0.347 e. The highest BCUT2D eigenvalue weighted by Gasteiger charge is 2.15. The average Bonchev–Trinajstić information content (AvgIpc) is 2.97. The quantitative estimate of drug-likeness (QED) is 0.803. The van der Waals surface area contributed by atoms with E-state index < -0.39 is 0 Å². The van der Waals surface area contributed by atoms with Crippen molar-refractivity contribution in [2.24, 2.45) is 0 Å². The molecule has 0 spiro atoms. The van der Waals surface area contributed by atoms with Crippen LogP contribution in [-0.2, 0) is 6.54 Å². The van der Waals surface area contributed by atoms with Gasteiger partial charge in [-0.15, -0.1) is 0 Å². The van der Waals surface area contributed by atoms with Gasteiger partial charge in [0.15, 0.2) is 0 Å². The summed E-state index contributed by atoms with van der Waals surface area (Å²) in [5.41, 5.74) is 4.52. The van der Waals surface area contributed by atoms with Crippen LogP contribution in [0.15, 0.2) is 60.7 Å². The number of aromatic nitrogens is 2. The van der Waals surface area contributed by atoms with Gasteiger partial charge in [0.2, 0.25) is 0 Å². The molecule has 0 atom stereocenters. The van der Waals surface area contributed by atoms with Crippen molar-refractivity contribution in [2.45, 2.75) is 20.4 Å². The van der Waals surface area contributed by atoms with Crippen molar-refractivity contribution < 1.29 is 4.79 Å². The third kappa shape index (κ3) is 3.31. The van der Waals surface area contributed by atoms with Gasteiger partial charge < -0.3 is 5.32 Å². The molecule has 2 aromatic carbocycles. The first-order chi connectivity index (χ1) is 11.1. The molecular formula is C19H19N3O. The lowest BCUT2D eigenvalue weighted by Gasteiger charge is -2.09. The maximum atomic E-state index is 12.6. The summed E-state index contributed by atoms with van der Waals surface area (Å²) in [6, 6.07) is 19.5. The van der Waals surface area contributed by atoms with Crippen molar-refractivity contribution in [1.82, 2.24) is 15.1 Å². The first-order valence-electron chi connectivity index (χ1n) is 7.60. The molecule has 0 unspecified atom stereocenters. The summed E-state index contributed by atoms with van der Waals surface area (Å²) in [5.74, 6) is -0.127. The second-order valence-corrected chi connectivity index (χ2v) is 5.53. The molecule has 1 amide bonds. The molecule has 23 heavy (non-hydrogen) atoms. The smallest absolute Gasteiger partial charge is 0.270 e. The first-order valence-corrected chi connectivity index (χ1v) is 7.60. The minimum atomic E-state index is -0.127. The first kappa shape index (κ1) is 15.0. The number of nitrogens with zero attached hydrogens (tertiary/aromatic N) is 2. The Hall–Kier alpha value is -2.88. The maximum Gasteiger partial charge on any atom is 0.270 e. The zero-order valence-electron chi connectivity index (χ0n) is 13.3. The second kappa shape index (κ2) is 6.48.